The first-order chi connectivity index (χ1) is 23.3. The predicted octanol–water partition coefficient (Wildman–Crippen LogP) is 10.9. The summed E-state index contributed by atoms with van der Waals surface area (Å²) in [4.78, 5) is 41.3. The van der Waals surface area contributed by atoms with Crippen LogP contribution in [-0.2, 0) is 19.1 Å². The molecule has 0 radical (unpaired) electrons. The van der Waals surface area contributed by atoms with Gasteiger partial charge in [-0.25, -0.2) is 0 Å². The van der Waals surface area contributed by atoms with E-state index in [2.05, 4.69) is 37.8 Å². The normalized spacial score (nSPS) is 12.3. The van der Waals surface area contributed by atoms with E-state index in [0.29, 0.717) is 32.1 Å². The summed E-state index contributed by atoms with van der Waals surface area (Å²) in [5.41, 5.74) is 0. The van der Waals surface area contributed by atoms with Crippen LogP contribution in [0.15, 0.2) is 24.3 Å². The standard InChI is InChI=1S/C40H74N2O5S/c1-6-8-10-12-14-22-28-34-46-38(43)30-24-18-16-20-26-32-42(40(45)48-36-37(3)41(4)5)33-27-21-17-19-25-31-39(44)47-35-29-23-15-13-11-9-7-2/h22-23,28-29,37H,6-21,24-27,30-36H2,1-5H3/b28-22-,29-23-. The third-order valence-electron chi connectivity index (χ3n) is 8.67. The molecule has 0 N–H and O–H groups in total. The zero-order valence-corrected chi connectivity index (χ0v) is 32.6. The maximum Gasteiger partial charge on any atom is 0.306 e. The minimum absolute atomic E-state index is 0.109. The maximum atomic E-state index is 13.1. The molecular weight excluding hydrogens is 621 g/mol. The van der Waals surface area contributed by atoms with Crippen molar-refractivity contribution >= 4 is 28.9 Å². The number of hydrogen-bond donors (Lipinski definition) is 0. The summed E-state index contributed by atoms with van der Waals surface area (Å²) in [7, 11) is 4.10. The van der Waals surface area contributed by atoms with Crippen LogP contribution >= 0.6 is 11.8 Å². The Morgan fingerprint density at radius 3 is 1.44 bits per heavy atom. The molecule has 48 heavy (non-hydrogen) atoms. The first kappa shape index (κ1) is 46.2. The topological polar surface area (TPSA) is 76.1 Å². The Kier molecular flexibility index (Phi) is 33.7. The van der Waals surface area contributed by atoms with Gasteiger partial charge < -0.3 is 19.3 Å². The van der Waals surface area contributed by atoms with Crippen LogP contribution in [0.2, 0.25) is 0 Å². The number of unbranched alkanes of at least 4 members (excludes halogenated alkanes) is 16. The fourth-order valence-corrected chi connectivity index (χ4v) is 6.15. The number of amides is 1. The lowest BCUT2D eigenvalue weighted by Gasteiger charge is -2.24. The van der Waals surface area contributed by atoms with Gasteiger partial charge in [0.05, 0.1) is 0 Å². The van der Waals surface area contributed by atoms with Gasteiger partial charge in [-0.15, -0.1) is 0 Å². The zero-order valence-electron chi connectivity index (χ0n) is 31.8. The molecule has 1 unspecified atom stereocenters. The van der Waals surface area contributed by atoms with Crippen LogP contribution in [0.1, 0.15) is 162 Å². The van der Waals surface area contributed by atoms with Gasteiger partial charge in [0.25, 0.3) is 5.24 Å². The van der Waals surface area contributed by atoms with Crippen LogP contribution in [0, 0.1) is 0 Å². The van der Waals surface area contributed by atoms with Crippen molar-refractivity contribution < 1.29 is 23.9 Å². The van der Waals surface area contributed by atoms with E-state index in [4.69, 9.17) is 9.47 Å². The molecule has 0 aromatic carbocycles. The third-order valence-corrected chi connectivity index (χ3v) is 9.82. The SMILES string of the molecule is CCCCCC/C=C\COC(=O)CCCCCCCN(CCCCCCCC(=O)OC/C=C\CCCCCC)C(=O)SCC(C)N(C)C. The summed E-state index contributed by atoms with van der Waals surface area (Å²) >= 11 is 1.43. The molecular formula is C40H74N2O5S. The van der Waals surface area contributed by atoms with Crippen molar-refractivity contribution in [3.8, 4) is 0 Å². The number of rotatable bonds is 33. The molecule has 1 atom stereocenters. The molecule has 0 aliphatic rings. The third kappa shape index (κ3) is 31.5. The van der Waals surface area contributed by atoms with E-state index in [9.17, 15) is 14.4 Å². The summed E-state index contributed by atoms with van der Waals surface area (Å²) in [6, 6.07) is 0.345. The molecule has 0 spiro atoms. The van der Waals surface area contributed by atoms with Gasteiger partial charge in [0.2, 0.25) is 0 Å². The number of carbonyl (C=O) groups excluding carboxylic acids is 3. The van der Waals surface area contributed by atoms with Gasteiger partial charge in [0.1, 0.15) is 13.2 Å². The van der Waals surface area contributed by atoms with E-state index in [0.717, 1.165) is 95.9 Å². The number of ether oxygens (including phenoxy) is 2. The number of thioether (sulfide) groups is 1. The lowest BCUT2D eigenvalue weighted by atomic mass is 10.1. The lowest BCUT2D eigenvalue weighted by molar-refractivity contribution is -0.143. The average molecular weight is 695 g/mol. The minimum atomic E-state index is -0.109. The second-order valence-electron chi connectivity index (χ2n) is 13.4. The van der Waals surface area contributed by atoms with Crippen LogP contribution in [0.25, 0.3) is 0 Å². The van der Waals surface area contributed by atoms with Gasteiger partial charge >= 0.3 is 11.9 Å². The largest absolute Gasteiger partial charge is 0.461 e. The highest BCUT2D eigenvalue weighted by Gasteiger charge is 2.16. The maximum absolute atomic E-state index is 13.1. The molecule has 0 aliphatic carbocycles. The van der Waals surface area contributed by atoms with Crippen molar-refractivity contribution in [2.75, 3.05) is 46.2 Å². The lowest BCUT2D eigenvalue weighted by Crippen LogP contribution is -2.32. The summed E-state index contributed by atoms with van der Waals surface area (Å²) in [6.45, 7) is 8.92. The van der Waals surface area contributed by atoms with Gasteiger partial charge in [0.15, 0.2) is 0 Å². The Bertz CT molecular complexity index is 780. The number of carbonyl (C=O) groups is 3. The Morgan fingerprint density at radius 1 is 0.583 bits per heavy atom. The van der Waals surface area contributed by atoms with Gasteiger partial charge in [0, 0.05) is 37.7 Å². The highest BCUT2D eigenvalue weighted by Crippen LogP contribution is 2.16. The molecule has 0 aromatic heterocycles. The van der Waals surface area contributed by atoms with Crippen molar-refractivity contribution in [3.63, 3.8) is 0 Å². The fraction of sp³-hybridized carbons (Fsp3) is 0.825. The number of esters is 2. The van der Waals surface area contributed by atoms with Crippen molar-refractivity contribution in [3.05, 3.63) is 24.3 Å². The molecule has 7 nitrogen and oxygen atoms in total. The van der Waals surface area contributed by atoms with E-state index in [1.165, 1.54) is 63.1 Å². The number of hydrogen-bond acceptors (Lipinski definition) is 7. The zero-order chi connectivity index (χ0) is 35.5. The van der Waals surface area contributed by atoms with Crippen LogP contribution in [0.3, 0.4) is 0 Å². The smallest absolute Gasteiger partial charge is 0.306 e. The quantitative estimate of drug-likeness (QED) is 0.0384. The van der Waals surface area contributed by atoms with E-state index in [-0.39, 0.29) is 17.2 Å². The van der Waals surface area contributed by atoms with Gasteiger partial charge in [-0.05, 0) is 72.4 Å². The van der Waals surface area contributed by atoms with Crippen molar-refractivity contribution in [2.24, 2.45) is 0 Å². The molecule has 0 aromatic rings. The van der Waals surface area contributed by atoms with Crippen molar-refractivity contribution in [2.45, 2.75) is 168 Å². The van der Waals surface area contributed by atoms with E-state index >= 15 is 0 Å². The summed E-state index contributed by atoms with van der Waals surface area (Å²) in [5.74, 6) is 0.572. The highest BCUT2D eigenvalue weighted by atomic mass is 32.2. The number of allylic oxidation sites excluding steroid dienone is 2. The van der Waals surface area contributed by atoms with Crippen LogP contribution in [0.4, 0.5) is 4.79 Å². The first-order valence-corrected chi connectivity index (χ1v) is 20.5. The molecule has 280 valence electrons. The Hall–Kier alpha value is -1.80. The van der Waals surface area contributed by atoms with Gasteiger partial charge in [-0.1, -0.05) is 127 Å². The molecule has 8 heteroatoms. The molecule has 1 amide bonds. The second-order valence-corrected chi connectivity index (χ2v) is 14.4. The molecule has 0 bridgehead atoms. The molecule has 0 saturated carbocycles. The van der Waals surface area contributed by atoms with Crippen LogP contribution in [0.5, 0.6) is 0 Å². The predicted molar refractivity (Wildman–Crippen MR) is 206 cm³/mol. The van der Waals surface area contributed by atoms with Gasteiger partial charge in [-0.3, -0.25) is 14.4 Å². The van der Waals surface area contributed by atoms with E-state index in [1.54, 1.807) is 0 Å². The monoisotopic (exact) mass is 695 g/mol. The highest BCUT2D eigenvalue weighted by molar-refractivity contribution is 8.13. The molecule has 0 fully saturated rings. The molecule has 0 saturated heterocycles. The fourth-order valence-electron chi connectivity index (χ4n) is 5.11. The number of nitrogens with zero attached hydrogens (tertiary/aromatic N) is 2. The van der Waals surface area contributed by atoms with E-state index < -0.39 is 0 Å². The Balaban J connectivity index is 4.16. The summed E-state index contributed by atoms with van der Waals surface area (Å²) in [5, 5.41) is 0.180. The van der Waals surface area contributed by atoms with Crippen molar-refractivity contribution in [1.82, 2.24) is 9.80 Å². The Labute approximate surface area is 300 Å². The summed E-state index contributed by atoms with van der Waals surface area (Å²) in [6.07, 6.45) is 31.2. The van der Waals surface area contributed by atoms with E-state index in [1.807, 2.05) is 31.1 Å². The second kappa shape index (κ2) is 35.0. The van der Waals surface area contributed by atoms with Gasteiger partial charge in [-0.2, -0.15) is 0 Å². The van der Waals surface area contributed by atoms with Crippen LogP contribution < -0.4 is 0 Å². The molecule has 0 aliphatic heterocycles. The molecule has 0 rings (SSSR count). The molecule has 0 heterocycles. The first-order valence-electron chi connectivity index (χ1n) is 19.5. The average Bonchev–Trinajstić information content (AvgIpc) is 3.07. The summed E-state index contributed by atoms with van der Waals surface area (Å²) < 4.78 is 10.6. The van der Waals surface area contributed by atoms with Crippen LogP contribution in [-0.4, -0.2) is 79.2 Å². The van der Waals surface area contributed by atoms with Crippen molar-refractivity contribution in [1.29, 1.82) is 0 Å². The Morgan fingerprint density at radius 2 is 1.00 bits per heavy atom. The minimum Gasteiger partial charge on any atom is -0.461 e.